The summed E-state index contributed by atoms with van der Waals surface area (Å²) in [7, 11) is 3.54. The van der Waals surface area contributed by atoms with Crippen LogP contribution in [-0.4, -0.2) is 35.3 Å². The molecule has 0 aromatic carbocycles. The maximum Gasteiger partial charge on any atom is 0.245 e. The van der Waals surface area contributed by atoms with Gasteiger partial charge in [-0.3, -0.25) is 0 Å². The molecule has 7 heteroatoms. The second-order valence-electron chi connectivity index (χ2n) is 3.40. The molecule has 0 spiro atoms. The molecule has 0 aliphatic rings. The summed E-state index contributed by atoms with van der Waals surface area (Å²) in [5, 5.41) is 9.82. The molecule has 0 unspecified atom stereocenters. The molecule has 0 aliphatic carbocycles. The Hall–Kier alpha value is -1.32. The minimum absolute atomic E-state index is 0.298. The normalized spacial score (nSPS) is 11.1. The quantitative estimate of drug-likeness (QED) is 0.480. The van der Waals surface area contributed by atoms with Crippen molar-refractivity contribution in [1.82, 2.24) is 9.27 Å². The Kier molecular flexibility index (Phi) is 5.19. The molecular weight excluding hydrogens is 260 g/mol. The average molecular weight is 273 g/mol. The molecule has 0 N–H and O–H groups in total. The summed E-state index contributed by atoms with van der Waals surface area (Å²) in [6.45, 7) is 2.52. The zero-order valence-electron chi connectivity index (χ0n) is 9.90. The zero-order valence-corrected chi connectivity index (χ0v) is 11.5. The van der Waals surface area contributed by atoms with E-state index in [0.29, 0.717) is 28.3 Å². The van der Waals surface area contributed by atoms with E-state index in [-0.39, 0.29) is 0 Å². The molecule has 1 aromatic rings. The van der Waals surface area contributed by atoms with Gasteiger partial charge in [-0.05, 0) is 29.6 Å². The molecule has 0 amide bonds. The second kappa shape index (κ2) is 6.42. The lowest BCUT2D eigenvalue weighted by molar-refractivity contribution is 0.307. The van der Waals surface area contributed by atoms with Crippen molar-refractivity contribution in [3.8, 4) is 11.9 Å². The molecule has 0 atom stereocenters. The van der Waals surface area contributed by atoms with E-state index in [1.165, 1.54) is 0 Å². The van der Waals surface area contributed by atoms with Gasteiger partial charge in [0.05, 0.1) is 6.61 Å². The van der Waals surface area contributed by atoms with Gasteiger partial charge in [0.1, 0.15) is 6.07 Å². The average Bonchev–Trinajstić information content (AvgIpc) is 2.68. The van der Waals surface area contributed by atoms with Crippen molar-refractivity contribution in [3.63, 3.8) is 0 Å². The molecule has 0 saturated carbocycles. The zero-order chi connectivity index (χ0) is 12.8. The first-order chi connectivity index (χ1) is 8.10. The second-order valence-corrected chi connectivity index (χ2v) is 4.49. The lowest BCUT2D eigenvalue weighted by atomic mass is 10.3. The van der Waals surface area contributed by atoms with Crippen molar-refractivity contribution in [3.05, 3.63) is 5.56 Å². The predicted octanol–water partition coefficient (Wildman–Crippen LogP) is 2.59. The van der Waals surface area contributed by atoms with E-state index in [2.05, 4.69) is 9.37 Å². The van der Waals surface area contributed by atoms with Gasteiger partial charge in [0.2, 0.25) is 5.88 Å². The predicted molar refractivity (Wildman–Crippen MR) is 69.3 cm³/mol. The van der Waals surface area contributed by atoms with Gasteiger partial charge >= 0.3 is 0 Å². The van der Waals surface area contributed by atoms with Gasteiger partial charge in [-0.15, -0.1) is 0 Å². The number of nitrogens with zero attached hydrogens (tertiary/aromatic N) is 4. The number of hydrogen-bond acceptors (Lipinski definition) is 5. The van der Waals surface area contributed by atoms with E-state index in [4.69, 9.17) is 21.6 Å². The highest BCUT2D eigenvalue weighted by Gasteiger charge is 2.15. The van der Waals surface area contributed by atoms with Crippen LogP contribution < -0.4 is 4.74 Å². The minimum Gasteiger partial charge on any atom is -0.476 e. The van der Waals surface area contributed by atoms with Crippen molar-refractivity contribution < 1.29 is 4.74 Å². The smallest absolute Gasteiger partial charge is 0.245 e. The van der Waals surface area contributed by atoms with Crippen molar-refractivity contribution in [1.29, 1.82) is 5.26 Å². The van der Waals surface area contributed by atoms with E-state index >= 15 is 0 Å². The summed E-state index contributed by atoms with van der Waals surface area (Å²) < 4.78 is 9.40. The Bertz CT molecular complexity index is 450. The fourth-order valence-corrected chi connectivity index (χ4v) is 1.72. The van der Waals surface area contributed by atoms with E-state index < -0.39 is 0 Å². The van der Waals surface area contributed by atoms with Crippen LogP contribution in [0.2, 0.25) is 0 Å². The Labute approximate surface area is 109 Å². The van der Waals surface area contributed by atoms with Crippen LogP contribution in [0, 0.1) is 11.3 Å². The fourth-order valence-electron chi connectivity index (χ4n) is 0.920. The van der Waals surface area contributed by atoms with Gasteiger partial charge < -0.3 is 9.64 Å². The molecule has 1 heterocycles. The van der Waals surface area contributed by atoms with Crippen molar-refractivity contribution >= 4 is 33.4 Å². The van der Waals surface area contributed by atoms with Crippen LogP contribution in [0.3, 0.4) is 0 Å². The van der Waals surface area contributed by atoms with E-state index in [1.807, 2.05) is 13.0 Å². The highest BCUT2D eigenvalue weighted by molar-refractivity contribution is 7.10. The van der Waals surface area contributed by atoms with Crippen LogP contribution in [-0.2, 0) is 0 Å². The number of aromatic nitrogens is 1. The van der Waals surface area contributed by atoms with Crippen LogP contribution in [0.1, 0.15) is 18.9 Å². The minimum atomic E-state index is 0.298. The van der Waals surface area contributed by atoms with Crippen LogP contribution >= 0.6 is 23.1 Å². The first kappa shape index (κ1) is 13.7. The first-order valence-electron chi connectivity index (χ1n) is 5.04. The van der Waals surface area contributed by atoms with Gasteiger partial charge in [-0.1, -0.05) is 6.92 Å². The lowest BCUT2D eigenvalue weighted by Gasteiger charge is -2.07. The molecule has 0 aliphatic heterocycles. The molecule has 92 valence electrons. The Balaban J connectivity index is 2.99. The maximum absolute atomic E-state index is 9.05. The van der Waals surface area contributed by atoms with Gasteiger partial charge in [0.15, 0.2) is 15.9 Å². The third-order valence-corrected chi connectivity index (χ3v) is 2.91. The van der Waals surface area contributed by atoms with Crippen molar-refractivity contribution in [2.75, 3.05) is 20.7 Å². The molecule has 0 radical (unpaired) electrons. The topological polar surface area (TPSA) is 61.5 Å². The number of nitriles is 1. The number of aliphatic imine (C=N–C) groups is 1. The van der Waals surface area contributed by atoms with Crippen LogP contribution in [0.25, 0.3) is 0 Å². The largest absolute Gasteiger partial charge is 0.476 e. The van der Waals surface area contributed by atoms with E-state index in [1.54, 1.807) is 19.0 Å². The lowest BCUT2D eigenvalue weighted by Crippen LogP contribution is -2.15. The van der Waals surface area contributed by atoms with Crippen LogP contribution in [0.5, 0.6) is 5.88 Å². The molecule has 17 heavy (non-hydrogen) atoms. The summed E-state index contributed by atoms with van der Waals surface area (Å²) in [6, 6.07) is 2.04. The highest BCUT2D eigenvalue weighted by atomic mass is 35.5. The highest BCUT2D eigenvalue weighted by Crippen LogP contribution is 2.32. The standard InChI is InChI=1S/C10H13ClN4OS/c1-4-5-16-8-7(6-12)9(17-14-8)13-10(11)15(2)3/h4-5H2,1-3H3/b13-10+. The molecule has 0 bridgehead atoms. The number of rotatable bonds is 4. The number of hydrogen-bond donors (Lipinski definition) is 0. The molecule has 1 rings (SSSR count). The summed E-state index contributed by atoms with van der Waals surface area (Å²) in [6.07, 6.45) is 0.861. The molecule has 0 fully saturated rings. The number of amidine groups is 1. The summed E-state index contributed by atoms with van der Waals surface area (Å²) in [4.78, 5) is 5.77. The maximum atomic E-state index is 9.05. The Morgan fingerprint density at radius 3 is 2.88 bits per heavy atom. The van der Waals surface area contributed by atoms with Crippen molar-refractivity contribution in [2.45, 2.75) is 13.3 Å². The third-order valence-electron chi connectivity index (χ3n) is 1.76. The number of halogens is 1. The summed E-state index contributed by atoms with van der Waals surface area (Å²) in [5.74, 6) is 0.335. The number of ether oxygens (including phenoxy) is 1. The van der Waals surface area contributed by atoms with Gasteiger partial charge in [0, 0.05) is 14.1 Å². The SMILES string of the molecule is CCCOc1nsc(/N=C(\Cl)N(C)C)c1C#N. The Morgan fingerprint density at radius 2 is 2.35 bits per heavy atom. The van der Waals surface area contributed by atoms with Gasteiger partial charge in [0.25, 0.3) is 0 Å². The summed E-state index contributed by atoms with van der Waals surface area (Å²) in [5.41, 5.74) is 0.337. The first-order valence-corrected chi connectivity index (χ1v) is 6.19. The van der Waals surface area contributed by atoms with Gasteiger partial charge in [-0.2, -0.15) is 9.64 Å². The van der Waals surface area contributed by atoms with Crippen LogP contribution in [0.15, 0.2) is 4.99 Å². The molecule has 5 nitrogen and oxygen atoms in total. The monoisotopic (exact) mass is 272 g/mol. The molecule has 1 aromatic heterocycles. The Morgan fingerprint density at radius 1 is 1.65 bits per heavy atom. The van der Waals surface area contributed by atoms with E-state index in [9.17, 15) is 0 Å². The fraction of sp³-hybridized carbons (Fsp3) is 0.500. The van der Waals surface area contributed by atoms with E-state index in [0.717, 1.165) is 18.0 Å². The molecular formula is C10H13ClN4OS. The van der Waals surface area contributed by atoms with Gasteiger partial charge in [-0.25, -0.2) is 4.99 Å². The third kappa shape index (κ3) is 3.58. The van der Waals surface area contributed by atoms with Crippen LogP contribution in [0.4, 0.5) is 5.00 Å². The van der Waals surface area contributed by atoms with Crippen molar-refractivity contribution in [2.24, 2.45) is 4.99 Å². The molecule has 0 saturated heterocycles. The summed E-state index contributed by atoms with van der Waals surface area (Å²) >= 11 is 7.00.